The van der Waals surface area contributed by atoms with Gasteiger partial charge in [0.2, 0.25) is 5.91 Å². The van der Waals surface area contributed by atoms with Crippen molar-refractivity contribution < 1.29 is 14.3 Å². The molecule has 0 radical (unpaired) electrons. The molecule has 2 aromatic rings. The van der Waals surface area contributed by atoms with E-state index in [0.29, 0.717) is 19.5 Å². The van der Waals surface area contributed by atoms with E-state index in [9.17, 15) is 9.18 Å². The molecule has 0 aliphatic rings. The van der Waals surface area contributed by atoms with Gasteiger partial charge in [0.25, 0.3) is 0 Å². The van der Waals surface area contributed by atoms with E-state index in [2.05, 4.69) is 0 Å². The number of aliphatic hydroxyl groups is 1. The van der Waals surface area contributed by atoms with Crippen LogP contribution in [0.1, 0.15) is 6.42 Å². The molecule has 102 valence electrons. The van der Waals surface area contributed by atoms with Crippen LogP contribution in [0.5, 0.6) is 0 Å². The van der Waals surface area contributed by atoms with E-state index in [4.69, 9.17) is 5.11 Å². The van der Waals surface area contributed by atoms with Gasteiger partial charge in [-0.1, -0.05) is 0 Å². The molecule has 0 aliphatic heterocycles. The van der Waals surface area contributed by atoms with Gasteiger partial charge in [0.1, 0.15) is 5.82 Å². The third kappa shape index (κ3) is 3.12. The van der Waals surface area contributed by atoms with E-state index in [1.165, 1.54) is 17.0 Å². The maximum absolute atomic E-state index is 13.2. The summed E-state index contributed by atoms with van der Waals surface area (Å²) >= 11 is 0. The number of aromatic nitrogens is 1. The quantitative estimate of drug-likeness (QED) is 0.892. The molecule has 1 heterocycles. The zero-order valence-electron chi connectivity index (χ0n) is 10.8. The third-order valence-electron chi connectivity index (χ3n) is 3.16. The summed E-state index contributed by atoms with van der Waals surface area (Å²) in [6, 6.07) is 6.52. The van der Waals surface area contributed by atoms with Crippen molar-refractivity contribution in [2.24, 2.45) is 0 Å². The Balaban J connectivity index is 2.06. The van der Waals surface area contributed by atoms with Crippen LogP contribution in [-0.4, -0.2) is 40.7 Å². The standard InChI is InChI=1S/C14H17FN2O2/c1-16(8-9-18)14(19)5-7-17-6-4-11-2-3-12(15)10-13(11)17/h2-4,6,10,18H,5,7-9H2,1H3. The van der Waals surface area contributed by atoms with Gasteiger partial charge in [0.05, 0.1) is 12.1 Å². The number of aliphatic hydroxyl groups excluding tert-OH is 1. The van der Waals surface area contributed by atoms with Gasteiger partial charge in [-0.2, -0.15) is 0 Å². The minimum Gasteiger partial charge on any atom is -0.395 e. The molecule has 1 aromatic carbocycles. The topological polar surface area (TPSA) is 45.5 Å². The zero-order valence-corrected chi connectivity index (χ0v) is 10.8. The van der Waals surface area contributed by atoms with E-state index in [0.717, 1.165) is 10.9 Å². The largest absolute Gasteiger partial charge is 0.395 e. The summed E-state index contributed by atoms with van der Waals surface area (Å²) in [7, 11) is 1.66. The fourth-order valence-corrected chi connectivity index (χ4v) is 2.03. The predicted octanol–water partition coefficient (Wildman–Crippen LogP) is 1.62. The van der Waals surface area contributed by atoms with Crippen LogP contribution in [-0.2, 0) is 11.3 Å². The highest BCUT2D eigenvalue weighted by Crippen LogP contribution is 2.17. The summed E-state index contributed by atoms with van der Waals surface area (Å²) < 4.78 is 15.1. The van der Waals surface area contributed by atoms with Crippen molar-refractivity contribution in [3.8, 4) is 0 Å². The average molecular weight is 264 g/mol. The van der Waals surface area contributed by atoms with E-state index in [-0.39, 0.29) is 18.3 Å². The third-order valence-corrected chi connectivity index (χ3v) is 3.16. The minimum absolute atomic E-state index is 0.0349. The smallest absolute Gasteiger partial charge is 0.224 e. The molecule has 0 bridgehead atoms. The molecular formula is C14H17FN2O2. The van der Waals surface area contributed by atoms with Crippen molar-refractivity contribution in [3.63, 3.8) is 0 Å². The van der Waals surface area contributed by atoms with Gasteiger partial charge < -0.3 is 14.6 Å². The first-order valence-corrected chi connectivity index (χ1v) is 6.21. The highest BCUT2D eigenvalue weighted by molar-refractivity contribution is 5.80. The first kappa shape index (κ1) is 13.5. The van der Waals surface area contributed by atoms with E-state index >= 15 is 0 Å². The number of aryl methyl sites for hydroxylation is 1. The number of rotatable bonds is 5. The van der Waals surface area contributed by atoms with Gasteiger partial charge in [0.15, 0.2) is 0 Å². The van der Waals surface area contributed by atoms with Gasteiger partial charge >= 0.3 is 0 Å². The fourth-order valence-electron chi connectivity index (χ4n) is 2.03. The van der Waals surface area contributed by atoms with E-state index in [1.54, 1.807) is 13.1 Å². The summed E-state index contributed by atoms with van der Waals surface area (Å²) in [6.45, 7) is 0.793. The van der Waals surface area contributed by atoms with E-state index in [1.807, 2.05) is 16.8 Å². The second-order valence-electron chi connectivity index (χ2n) is 4.50. The number of amides is 1. The van der Waals surface area contributed by atoms with Gasteiger partial charge in [0, 0.05) is 32.8 Å². The molecule has 1 amide bonds. The highest BCUT2D eigenvalue weighted by atomic mass is 19.1. The molecule has 1 N–H and O–H groups in total. The number of carbonyl (C=O) groups is 1. The van der Waals surface area contributed by atoms with E-state index < -0.39 is 0 Å². The van der Waals surface area contributed by atoms with Crippen molar-refractivity contribution in [2.75, 3.05) is 20.2 Å². The first-order chi connectivity index (χ1) is 9.11. The highest BCUT2D eigenvalue weighted by Gasteiger charge is 2.09. The maximum atomic E-state index is 13.2. The van der Waals surface area contributed by atoms with Crippen LogP contribution in [0.3, 0.4) is 0 Å². The normalized spacial score (nSPS) is 10.9. The Kier molecular flexibility index (Phi) is 4.16. The van der Waals surface area contributed by atoms with Crippen LogP contribution in [0.15, 0.2) is 30.5 Å². The first-order valence-electron chi connectivity index (χ1n) is 6.21. The number of nitrogens with zero attached hydrogens (tertiary/aromatic N) is 2. The van der Waals surface area contributed by atoms with Crippen molar-refractivity contribution in [1.29, 1.82) is 0 Å². The molecule has 0 atom stereocenters. The van der Waals surface area contributed by atoms with Crippen LogP contribution >= 0.6 is 0 Å². The van der Waals surface area contributed by atoms with Gasteiger partial charge in [-0.25, -0.2) is 4.39 Å². The molecule has 4 nitrogen and oxygen atoms in total. The Morgan fingerprint density at radius 1 is 1.42 bits per heavy atom. The zero-order chi connectivity index (χ0) is 13.8. The fraction of sp³-hybridized carbons (Fsp3) is 0.357. The van der Waals surface area contributed by atoms with Crippen LogP contribution in [0, 0.1) is 5.82 Å². The molecular weight excluding hydrogens is 247 g/mol. The lowest BCUT2D eigenvalue weighted by Gasteiger charge is -2.15. The van der Waals surface area contributed by atoms with Crippen LogP contribution in [0.2, 0.25) is 0 Å². The van der Waals surface area contributed by atoms with Crippen molar-refractivity contribution in [1.82, 2.24) is 9.47 Å². The number of hydrogen-bond donors (Lipinski definition) is 1. The van der Waals surface area contributed by atoms with Gasteiger partial charge in [-0.3, -0.25) is 4.79 Å². The minimum atomic E-state index is -0.281. The Labute approximate surface area is 111 Å². The van der Waals surface area contributed by atoms with Crippen molar-refractivity contribution >= 4 is 16.8 Å². The predicted molar refractivity (Wildman–Crippen MR) is 71.2 cm³/mol. The molecule has 0 saturated carbocycles. The monoisotopic (exact) mass is 264 g/mol. The lowest BCUT2D eigenvalue weighted by molar-refractivity contribution is -0.130. The SMILES string of the molecule is CN(CCO)C(=O)CCn1ccc2ccc(F)cc21. The number of benzene rings is 1. The Morgan fingerprint density at radius 2 is 2.21 bits per heavy atom. The number of carbonyl (C=O) groups excluding carboxylic acids is 1. The molecule has 0 unspecified atom stereocenters. The molecule has 0 fully saturated rings. The molecule has 0 spiro atoms. The van der Waals surface area contributed by atoms with Crippen molar-refractivity contribution in [3.05, 3.63) is 36.3 Å². The number of likely N-dealkylation sites (N-methyl/N-ethyl adjacent to an activating group) is 1. The van der Waals surface area contributed by atoms with Crippen LogP contribution in [0.4, 0.5) is 4.39 Å². The molecule has 5 heteroatoms. The average Bonchev–Trinajstić information content (AvgIpc) is 2.78. The summed E-state index contributed by atoms with van der Waals surface area (Å²) in [6.07, 6.45) is 2.18. The number of halogens is 1. The van der Waals surface area contributed by atoms with Crippen LogP contribution in [0.25, 0.3) is 10.9 Å². The summed E-state index contributed by atoms with van der Waals surface area (Å²) in [5, 5.41) is 9.72. The lowest BCUT2D eigenvalue weighted by atomic mass is 10.2. The van der Waals surface area contributed by atoms with Crippen molar-refractivity contribution in [2.45, 2.75) is 13.0 Å². The molecule has 0 aliphatic carbocycles. The van der Waals surface area contributed by atoms with Gasteiger partial charge in [-0.05, 0) is 29.7 Å². The number of fused-ring (bicyclic) bond motifs is 1. The Morgan fingerprint density at radius 3 is 2.95 bits per heavy atom. The second-order valence-corrected chi connectivity index (χ2v) is 4.50. The van der Waals surface area contributed by atoms with Crippen LogP contribution < -0.4 is 0 Å². The molecule has 0 saturated heterocycles. The van der Waals surface area contributed by atoms with Gasteiger partial charge in [-0.15, -0.1) is 0 Å². The summed E-state index contributed by atoms with van der Waals surface area (Å²) in [4.78, 5) is 13.3. The Bertz CT molecular complexity index is 580. The Hall–Kier alpha value is -1.88. The summed E-state index contributed by atoms with van der Waals surface area (Å²) in [5.74, 6) is -0.316. The maximum Gasteiger partial charge on any atom is 0.224 e. The molecule has 2 rings (SSSR count). The number of hydrogen-bond acceptors (Lipinski definition) is 2. The summed E-state index contributed by atoms with van der Waals surface area (Å²) in [5.41, 5.74) is 0.789. The molecule has 19 heavy (non-hydrogen) atoms. The molecule has 1 aromatic heterocycles. The lowest BCUT2D eigenvalue weighted by Crippen LogP contribution is -2.30. The second kappa shape index (κ2) is 5.84.